The second-order valence-electron chi connectivity index (χ2n) is 4.73. The molecule has 2 heterocycles. The highest BCUT2D eigenvalue weighted by Crippen LogP contribution is 2.37. The highest BCUT2D eigenvalue weighted by molar-refractivity contribution is 9.10. The Balaban J connectivity index is 2.12. The Morgan fingerprint density at radius 3 is 2.52 bits per heavy atom. The van der Waals surface area contributed by atoms with Crippen molar-refractivity contribution in [3.8, 4) is 0 Å². The van der Waals surface area contributed by atoms with E-state index in [4.69, 9.17) is 33.0 Å². The molecule has 21 heavy (non-hydrogen) atoms. The van der Waals surface area contributed by atoms with Gasteiger partial charge in [0.25, 0.3) is 0 Å². The van der Waals surface area contributed by atoms with Gasteiger partial charge in [-0.05, 0) is 28.1 Å². The summed E-state index contributed by atoms with van der Waals surface area (Å²) in [5.74, 6) is 0. The van der Waals surface area contributed by atoms with E-state index in [0.29, 0.717) is 25.8 Å². The molecule has 1 aliphatic rings. The SMILES string of the molecule is OC[C@H]1O[C@@H](n2c(Br)nc3cc(Cl)c(Cl)cc32)[C@H](O)[C@@H]1O. The van der Waals surface area contributed by atoms with Crippen molar-refractivity contribution in [1.82, 2.24) is 9.55 Å². The number of aliphatic hydroxyl groups excluding tert-OH is 3. The van der Waals surface area contributed by atoms with Gasteiger partial charge in [-0.3, -0.25) is 4.57 Å². The number of ether oxygens (including phenoxy) is 1. The van der Waals surface area contributed by atoms with E-state index in [9.17, 15) is 10.2 Å². The fourth-order valence-corrected chi connectivity index (χ4v) is 3.30. The van der Waals surface area contributed by atoms with Crippen LogP contribution < -0.4 is 0 Å². The van der Waals surface area contributed by atoms with Gasteiger partial charge in [-0.1, -0.05) is 23.2 Å². The number of aromatic nitrogens is 2. The first-order chi connectivity index (χ1) is 9.93. The smallest absolute Gasteiger partial charge is 0.180 e. The van der Waals surface area contributed by atoms with Crippen LogP contribution in [-0.4, -0.2) is 49.8 Å². The average molecular weight is 398 g/mol. The Morgan fingerprint density at radius 1 is 1.24 bits per heavy atom. The molecule has 9 heteroatoms. The first-order valence-electron chi connectivity index (χ1n) is 6.09. The summed E-state index contributed by atoms with van der Waals surface area (Å²) in [4.78, 5) is 4.27. The predicted octanol–water partition coefficient (Wildman–Crippen LogP) is 1.72. The van der Waals surface area contributed by atoms with Crippen molar-refractivity contribution in [2.45, 2.75) is 24.5 Å². The van der Waals surface area contributed by atoms with Gasteiger partial charge in [0.15, 0.2) is 11.0 Å². The minimum absolute atomic E-state index is 0.338. The number of fused-ring (bicyclic) bond motifs is 1. The predicted molar refractivity (Wildman–Crippen MR) is 80.5 cm³/mol. The second kappa shape index (κ2) is 5.66. The molecule has 3 N–H and O–H groups in total. The number of benzene rings is 1. The molecule has 114 valence electrons. The van der Waals surface area contributed by atoms with Crippen LogP contribution in [0.3, 0.4) is 0 Å². The standard InChI is InChI=1S/C12H11BrCl2N2O4/c13-12-16-6-1-4(14)5(15)2-7(6)17(12)11-10(20)9(19)8(3-18)21-11/h1-2,8-11,18-20H,3H2/t8-,9-,10-,11-/m1/s1. The number of aliphatic hydroxyl groups is 3. The monoisotopic (exact) mass is 396 g/mol. The molecule has 2 aromatic rings. The lowest BCUT2D eigenvalue weighted by molar-refractivity contribution is -0.0518. The van der Waals surface area contributed by atoms with Gasteiger partial charge in [0, 0.05) is 0 Å². The fourth-order valence-electron chi connectivity index (χ4n) is 2.40. The summed E-state index contributed by atoms with van der Waals surface area (Å²) in [7, 11) is 0. The molecule has 0 saturated carbocycles. The Bertz CT molecular complexity index is 695. The molecule has 0 aliphatic carbocycles. The second-order valence-corrected chi connectivity index (χ2v) is 6.26. The van der Waals surface area contributed by atoms with E-state index in [1.54, 1.807) is 16.7 Å². The van der Waals surface area contributed by atoms with E-state index >= 15 is 0 Å². The van der Waals surface area contributed by atoms with Gasteiger partial charge >= 0.3 is 0 Å². The van der Waals surface area contributed by atoms with Gasteiger partial charge in [0.05, 0.1) is 27.7 Å². The van der Waals surface area contributed by atoms with Crippen molar-refractivity contribution in [3.63, 3.8) is 0 Å². The number of rotatable bonds is 2. The van der Waals surface area contributed by atoms with Crippen LogP contribution >= 0.6 is 39.1 Å². The van der Waals surface area contributed by atoms with Gasteiger partial charge < -0.3 is 20.1 Å². The molecule has 0 radical (unpaired) electrons. The van der Waals surface area contributed by atoms with Crippen LogP contribution in [0.1, 0.15) is 6.23 Å². The van der Waals surface area contributed by atoms with Crippen LogP contribution in [-0.2, 0) is 4.74 Å². The zero-order valence-electron chi connectivity index (χ0n) is 10.4. The lowest BCUT2D eigenvalue weighted by atomic mass is 10.1. The van der Waals surface area contributed by atoms with E-state index in [-0.39, 0.29) is 0 Å². The third-order valence-corrected chi connectivity index (χ3v) is 4.74. The lowest BCUT2D eigenvalue weighted by Crippen LogP contribution is -2.33. The number of imidazole rings is 1. The highest BCUT2D eigenvalue weighted by atomic mass is 79.9. The molecule has 1 aliphatic heterocycles. The van der Waals surface area contributed by atoms with Gasteiger partial charge in [-0.2, -0.15) is 0 Å². The van der Waals surface area contributed by atoms with Gasteiger partial charge in [-0.25, -0.2) is 4.98 Å². The Morgan fingerprint density at radius 2 is 1.90 bits per heavy atom. The molecule has 4 atom stereocenters. The molecule has 6 nitrogen and oxygen atoms in total. The Kier molecular flexibility index (Phi) is 4.17. The molecular weight excluding hydrogens is 387 g/mol. The number of halogens is 3. The summed E-state index contributed by atoms with van der Waals surface area (Å²) in [6.07, 6.45) is -4.15. The van der Waals surface area contributed by atoms with Crippen LogP contribution in [0.2, 0.25) is 10.0 Å². The molecule has 1 aromatic carbocycles. The molecule has 0 unspecified atom stereocenters. The quantitative estimate of drug-likeness (QED) is 0.718. The maximum Gasteiger partial charge on any atom is 0.180 e. The summed E-state index contributed by atoms with van der Waals surface area (Å²) in [5.41, 5.74) is 1.15. The number of hydrogen-bond donors (Lipinski definition) is 3. The summed E-state index contributed by atoms with van der Waals surface area (Å²) in [6, 6.07) is 3.20. The third-order valence-electron chi connectivity index (χ3n) is 3.46. The Hall–Kier alpha value is -0.410. The normalized spacial score (nSPS) is 29.4. The van der Waals surface area contributed by atoms with E-state index in [1.165, 1.54) is 0 Å². The maximum atomic E-state index is 10.1. The molecular formula is C12H11BrCl2N2O4. The summed E-state index contributed by atoms with van der Waals surface area (Å²) in [5, 5.41) is 29.8. The van der Waals surface area contributed by atoms with Gasteiger partial charge in [0.2, 0.25) is 0 Å². The zero-order chi connectivity index (χ0) is 15.3. The molecule has 3 rings (SSSR count). The van der Waals surface area contributed by atoms with Crippen molar-refractivity contribution in [3.05, 3.63) is 26.9 Å². The minimum Gasteiger partial charge on any atom is -0.394 e. The van der Waals surface area contributed by atoms with Crippen LogP contribution in [0.15, 0.2) is 16.9 Å². The fraction of sp³-hybridized carbons (Fsp3) is 0.417. The van der Waals surface area contributed by atoms with Crippen molar-refractivity contribution < 1.29 is 20.1 Å². The van der Waals surface area contributed by atoms with Crippen LogP contribution in [0, 0.1) is 0 Å². The zero-order valence-corrected chi connectivity index (χ0v) is 13.5. The van der Waals surface area contributed by atoms with Crippen molar-refractivity contribution in [2.75, 3.05) is 6.61 Å². The molecule has 0 amide bonds. The lowest BCUT2D eigenvalue weighted by Gasteiger charge is -2.18. The highest BCUT2D eigenvalue weighted by Gasteiger charge is 2.44. The molecule has 1 fully saturated rings. The van der Waals surface area contributed by atoms with Crippen molar-refractivity contribution in [1.29, 1.82) is 0 Å². The Labute approximate surface area is 138 Å². The van der Waals surface area contributed by atoms with Crippen LogP contribution in [0.5, 0.6) is 0 Å². The number of nitrogens with zero attached hydrogens (tertiary/aromatic N) is 2. The first-order valence-corrected chi connectivity index (χ1v) is 7.64. The van der Waals surface area contributed by atoms with E-state index in [2.05, 4.69) is 20.9 Å². The molecule has 0 spiro atoms. The third kappa shape index (κ3) is 2.46. The van der Waals surface area contributed by atoms with Crippen molar-refractivity contribution in [2.24, 2.45) is 0 Å². The number of hydrogen-bond acceptors (Lipinski definition) is 5. The average Bonchev–Trinajstić information content (AvgIpc) is 2.89. The van der Waals surface area contributed by atoms with Crippen LogP contribution in [0.25, 0.3) is 11.0 Å². The van der Waals surface area contributed by atoms with Gasteiger partial charge in [-0.15, -0.1) is 0 Å². The molecule has 0 bridgehead atoms. The van der Waals surface area contributed by atoms with E-state index < -0.39 is 31.1 Å². The molecule has 1 saturated heterocycles. The largest absolute Gasteiger partial charge is 0.394 e. The van der Waals surface area contributed by atoms with E-state index in [0.717, 1.165) is 0 Å². The van der Waals surface area contributed by atoms with Crippen molar-refractivity contribution >= 4 is 50.2 Å². The maximum absolute atomic E-state index is 10.1. The van der Waals surface area contributed by atoms with Crippen LogP contribution in [0.4, 0.5) is 0 Å². The molecule has 1 aromatic heterocycles. The topological polar surface area (TPSA) is 87.7 Å². The summed E-state index contributed by atoms with van der Waals surface area (Å²) < 4.78 is 7.46. The summed E-state index contributed by atoms with van der Waals surface area (Å²) in [6.45, 7) is -0.397. The van der Waals surface area contributed by atoms with Gasteiger partial charge in [0.1, 0.15) is 18.3 Å². The first kappa shape index (κ1) is 15.5. The van der Waals surface area contributed by atoms with E-state index in [1.807, 2.05) is 0 Å². The minimum atomic E-state index is -1.20. The summed E-state index contributed by atoms with van der Waals surface area (Å²) >= 11 is 15.3.